The molecule has 25 heavy (non-hydrogen) atoms. The number of benzene rings is 1. The molecule has 2 N–H and O–H groups in total. The lowest BCUT2D eigenvalue weighted by atomic mass is 10.1. The third-order valence-electron chi connectivity index (χ3n) is 4.54. The molecule has 6 nitrogen and oxygen atoms in total. The number of nitrogens with one attached hydrogen (secondary N) is 2. The minimum atomic E-state index is -0.416. The Hall–Kier alpha value is -2.67. The van der Waals surface area contributed by atoms with Crippen molar-refractivity contribution in [3.05, 3.63) is 52.6 Å². The van der Waals surface area contributed by atoms with Crippen molar-refractivity contribution in [3.8, 4) is 0 Å². The zero-order valence-electron chi connectivity index (χ0n) is 13.6. The van der Waals surface area contributed by atoms with Crippen molar-refractivity contribution in [3.63, 3.8) is 0 Å². The zero-order chi connectivity index (χ0) is 17.2. The fourth-order valence-corrected chi connectivity index (χ4v) is 3.83. The fraction of sp³-hybridized carbons (Fsp3) is 0.278. The second-order valence-corrected chi connectivity index (χ2v) is 7.06. The number of rotatable bonds is 5. The van der Waals surface area contributed by atoms with Crippen LogP contribution in [-0.2, 0) is 22.7 Å². The van der Waals surface area contributed by atoms with Gasteiger partial charge < -0.3 is 15.2 Å². The number of amides is 2. The maximum Gasteiger partial charge on any atom is 0.243 e. The lowest BCUT2D eigenvalue weighted by molar-refractivity contribution is -0.135. The number of carbonyl (C=O) groups excluding carboxylic acids is 2. The molecule has 1 aliphatic heterocycles. The number of carbonyl (C=O) groups is 2. The van der Waals surface area contributed by atoms with Crippen LogP contribution >= 0.6 is 11.3 Å². The van der Waals surface area contributed by atoms with E-state index in [4.69, 9.17) is 0 Å². The molecule has 1 aliphatic rings. The van der Waals surface area contributed by atoms with Crippen LogP contribution in [0.5, 0.6) is 0 Å². The van der Waals surface area contributed by atoms with Gasteiger partial charge in [0.25, 0.3) is 0 Å². The predicted molar refractivity (Wildman–Crippen MR) is 95.8 cm³/mol. The first-order valence-corrected chi connectivity index (χ1v) is 9.11. The number of aromatic nitrogens is 2. The Labute approximate surface area is 148 Å². The van der Waals surface area contributed by atoms with Crippen molar-refractivity contribution in [2.75, 3.05) is 0 Å². The molecule has 0 radical (unpaired) electrons. The molecule has 7 heteroatoms. The second-order valence-electron chi connectivity index (χ2n) is 6.08. The van der Waals surface area contributed by atoms with Crippen LogP contribution < -0.4 is 5.32 Å². The number of H-pyrrole nitrogens is 1. The summed E-state index contributed by atoms with van der Waals surface area (Å²) in [7, 11) is 0. The van der Waals surface area contributed by atoms with E-state index in [1.165, 1.54) is 11.3 Å². The van der Waals surface area contributed by atoms with E-state index in [0.717, 1.165) is 21.5 Å². The molecule has 4 rings (SSSR count). The molecule has 2 aromatic heterocycles. The number of para-hydroxylation sites is 1. The van der Waals surface area contributed by atoms with Crippen LogP contribution in [0.3, 0.4) is 0 Å². The molecule has 1 atom stereocenters. The molecule has 1 aromatic carbocycles. The monoisotopic (exact) mass is 354 g/mol. The Balaban J connectivity index is 1.48. The lowest BCUT2D eigenvalue weighted by Crippen LogP contribution is -2.44. The molecular weight excluding hydrogens is 336 g/mol. The second kappa shape index (κ2) is 6.68. The van der Waals surface area contributed by atoms with Crippen molar-refractivity contribution >= 4 is 34.1 Å². The summed E-state index contributed by atoms with van der Waals surface area (Å²) in [5.74, 6) is -0.0828. The summed E-state index contributed by atoms with van der Waals surface area (Å²) in [6.07, 6.45) is 4.61. The maximum absolute atomic E-state index is 12.6. The van der Waals surface area contributed by atoms with Gasteiger partial charge in [-0.3, -0.25) is 9.59 Å². The molecule has 1 unspecified atom stereocenters. The summed E-state index contributed by atoms with van der Waals surface area (Å²) in [4.78, 5) is 33.9. The number of aromatic amines is 1. The van der Waals surface area contributed by atoms with E-state index in [1.807, 2.05) is 35.8 Å². The molecule has 3 heterocycles. The largest absolute Gasteiger partial charge is 0.361 e. The van der Waals surface area contributed by atoms with E-state index in [-0.39, 0.29) is 11.8 Å². The Morgan fingerprint density at radius 2 is 2.28 bits per heavy atom. The third kappa shape index (κ3) is 3.15. The van der Waals surface area contributed by atoms with Crippen molar-refractivity contribution in [2.45, 2.75) is 32.0 Å². The van der Waals surface area contributed by atoms with Gasteiger partial charge in [0.2, 0.25) is 11.8 Å². The number of fused-ring (bicyclic) bond motifs is 1. The molecule has 128 valence electrons. The highest BCUT2D eigenvalue weighted by Crippen LogP contribution is 2.25. The van der Waals surface area contributed by atoms with Crippen LogP contribution in [0, 0.1) is 0 Å². The number of likely N-dealkylation sites (tertiary alicyclic amines) is 1. The zero-order valence-corrected chi connectivity index (χ0v) is 14.4. The maximum atomic E-state index is 12.6. The summed E-state index contributed by atoms with van der Waals surface area (Å²) in [5, 5.41) is 6.73. The van der Waals surface area contributed by atoms with Crippen LogP contribution in [-0.4, -0.2) is 32.7 Å². The minimum absolute atomic E-state index is 0.0275. The van der Waals surface area contributed by atoms with Gasteiger partial charge in [0.05, 0.1) is 6.54 Å². The van der Waals surface area contributed by atoms with Gasteiger partial charge in [-0.05, 0) is 18.1 Å². The average Bonchev–Trinajstić information content (AvgIpc) is 3.35. The molecule has 1 fully saturated rings. The summed E-state index contributed by atoms with van der Waals surface area (Å²) in [5.41, 5.74) is 2.07. The summed E-state index contributed by atoms with van der Waals surface area (Å²) < 4.78 is 0. The Bertz CT molecular complexity index is 903. The molecule has 0 saturated carbocycles. The van der Waals surface area contributed by atoms with Gasteiger partial charge in [-0.25, -0.2) is 4.98 Å². The summed E-state index contributed by atoms with van der Waals surface area (Å²) >= 11 is 1.50. The van der Waals surface area contributed by atoms with Gasteiger partial charge in [-0.15, -0.1) is 11.3 Å². The highest BCUT2D eigenvalue weighted by atomic mass is 32.1. The molecular formula is C18H18N4O2S. The average molecular weight is 354 g/mol. The first-order chi connectivity index (χ1) is 12.2. The van der Waals surface area contributed by atoms with Gasteiger partial charge in [0, 0.05) is 41.6 Å². The molecule has 0 aliphatic carbocycles. The van der Waals surface area contributed by atoms with E-state index in [0.29, 0.717) is 25.9 Å². The van der Waals surface area contributed by atoms with Gasteiger partial charge in [0.1, 0.15) is 11.0 Å². The van der Waals surface area contributed by atoms with Gasteiger partial charge in [-0.2, -0.15) is 0 Å². The molecule has 3 aromatic rings. The highest BCUT2D eigenvalue weighted by Gasteiger charge is 2.36. The van der Waals surface area contributed by atoms with Crippen LogP contribution in [0.2, 0.25) is 0 Å². The first-order valence-electron chi connectivity index (χ1n) is 8.23. The Morgan fingerprint density at radius 1 is 1.40 bits per heavy atom. The highest BCUT2D eigenvalue weighted by molar-refractivity contribution is 7.09. The summed E-state index contributed by atoms with van der Waals surface area (Å²) in [6, 6.07) is 7.56. The third-order valence-corrected chi connectivity index (χ3v) is 5.32. The number of hydrogen-bond donors (Lipinski definition) is 2. The van der Waals surface area contributed by atoms with Crippen LogP contribution in [0.1, 0.15) is 23.4 Å². The van der Waals surface area contributed by atoms with Crippen LogP contribution in [0.15, 0.2) is 42.0 Å². The van der Waals surface area contributed by atoms with Gasteiger partial charge in [-0.1, -0.05) is 18.2 Å². The quantitative estimate of drug-likeness (QED) is 0.739. The van der Waals surface area contributed by atoms with E-state index in [2.05, 4.69) is 15.3 Å². The SMILES string of the molecule is O=C(NCc1nccs1)C1CCC(=O)N1Cc1c[nH]c2ccccc12. The van der Waals surface area contributed by atoms with E-state index in [9.17, 15) is 9.59 Å². The number of thiazole rings is 1. The van der Waals surface area contributed by atoms with E-state index in [1.54, 1.807) is 11.1 Å². The van der Waals surface area contributed by atoms with Crippen molar-refractivity contribution in [1.29, 1.82) is 0 Å². The normalized spacial score (nSPS) is 17.4. The summed E-state index contributed by atoms with van der Waals surface area (Å²) in [6.45, 7) is 0.848. The molecule has 0 bridgehead atoms. The van der Waals surface area contributed by atoms with Crippen LogP contribution in [0.25, 0.3) is 10.9 Å². The molecule has 0 spiro atoms. The fourth-order valence-electron chi connectivity index (χ4n) is 3.27. The lowest BCUT2D eigenvalue weighted by Gasteiger charge is -2.23. The van der Waals surface area contributed by atoms with E-state index >= 15 is 0 Å². The topological polar surface area (TPSA) is 78.1 Å². The van der Waals surface area contributed by atoms with Gasteiger partial charge >= 0.3 is 0 Å². The van der Waals surface area contributed by atoms with Crippen molar-refractivity contribution in [2.24, 2.45) is 0 Å². The van der Waals surface area contributed by atoms with Crippen LogP contribution in [0.4, 0.5) is 0 Å². The van der Waals surface area contributed by atoms with Crippen molar-refractivity contribution in [1.82, 2.24) is 20.2 Å². The Kier molecular flexibility index (Phi) is 4.23. The first kappa shape index (κ1) is 15.8. The number of nitrogens with zero attached hydrogens (tertiary/aromatic N) is 2. The van der Waals surface area contributed by atoms with E-state index < -0.39 is 6.04 Å². The standard InChI is InChI=1S/C18H18N4O2S/c23-17-6-5-15(18(24)21-10-16-19-7-8-25-16)22(17)11-12-9-20-14-4-2-1-3-13(12)14/h1-4,7-9,15,20H,5-6,10-11H2,(H,21,24). The number of hydrogen-bond acceptors (Lipinski definition) is 4. The Morgan fingerprint density at radius 3 is 3.12 bits per heavy atom. The molecule has 1 saturated heterocycles. The smallest absolute Gasteiger partial charge is 0.243 e. The van der Waals surface area contributed by atoms with Crippen molar-refractivity contribution < 1.29 is 9.59 Å². The minimum Gasteiger partial charge on any atom is -0.361 e. The van der Waals surface area contributed by atoms with Gasteiger partial charge in [0.15, 0.2) is 0 Å². The molecule has 2 amide bonds. The predicted octanol–water partition coefficient (Wildman–Crippen LogP) is 2.43.